The lowest BCUT2D eigenvalue weighted by Gasteiger charge is -2.21. The third-order valence-electron chi connectivity index (χ3n) is 4.90. The molecule has 0 saturated carbocycles. The number of hydrogen-bond donors (Lipinski definition) is 1. The Morgan fingerprint density at radius 3 is 2.35 bits per heavy atom. The second-order valence-electron chi connectivity index (χ2n) is 8.25. The van der Waals surface area contributed by atoms with Crippen LogP contribution in [0.1, 0.15) is 35.3 Å². The van der Waals surface area contributed by atoms with Crippen molar-refractivity contribution in [2.75, 3.05) is 7.05 Å². The molecule has 0 fully saturated rings. The average molecular weight is 610 g/mol. The van der Waals surface area contributed by atoms with Gasteiger partial charge in [0.2, 0.25) is 10.0 Å². The quantitative estimate of drug-likeness (QED) is 0.326. The van der Waals surface area contributed by atoms with Gasteiger partial charge >= 0.3 is 0 Å². The first-order valence-corrected chi connectivity index (χ1v) is 13.6. The molecule has 0 aliphatic rings. The van der Waals surface area contributed by atoms with Crippen LogP contribution in [0.4, 0.5) is 0 Å². The van der Waals surface area contributed by atoms with Gasteiger partial charge in [0, 0.05) is 34.1 Å². The number of aryl methyl sites for hydroxylation is 1. The maximum atomic E-state index is 13.3. The predicted molar refractivity (Wildman–Crippen MR) is 141 cm³/mol. The molecule has 0 radical (unpaired) electrons. The van der Waals surface area contributed by atoms with Gasteiger partial charge in [-0.1, -0.05) is 39.7 Å². The molecule has 3 aromatic rings. The van der Waals surface area contributed by atoms with Gasteiger partial charge in [0.25, 0.3) is 5.91 Å². The minimum absolute atomic E-state index is 0.0354. The zero-order valence-corrected chi connectivity index (χ0v) is 23.3. The number of sulfonamides is 1. The van der Waals surface area contributed by atoms with Gasteiger partial charge in [0.05, 0.1) is 10.5 Å². The smallest absolute Gasteiger partial charge is 0.255 e. The number of carbonyl (C=O) groups is 1. The number of rotatable bonds is 8. The molecule has 0 spiro atoms. The highest BCUT2D eigenvalue weighted by molar-refractivity contribution is 9.10. The number of ether oxygens (including phenoxy) is 1. The fraction of sp³-hybridized carbons (Fsp3) is 0.240. The van der Waals surface area contributed by atoms with E-state index in [0.29, 0.717) is 16.0 Å². The van der Waals surface area contributed by atoms with Crippen molar-refractivity contribution >= 4 is 47.8 Å². The number of nitrogens with zero attached hydrogens (tertiary/aromatic N) is 1. The Morgan fingerprint density at radius 2 is 1.71 bits per heavy atom. The van der Waals surface area contributed by atoms with Crippen molar-refractivity contribution < 1.29 is 17.9 Å². The van der Waals surface area contributed by atoms with Gasteiger partial charge in [-0.3, -0.25) is 4.79 Å². The molecule has 0 unspecified atom stereocenters. The zero-order valence-electron chi connectivity index (χ0n) is 19.3. The predicted octanol–water partition coefficient (Wildman–Crippen LogP) is 6.27. The molecule has 3 rings (SSSR count). The summed E-state index contributed by atoms with van der Waals surface area (Å²) >= 11 is 6.86. The Labute approximate surface area is 217 Å². The Kier molecular flexibility index (Phi) is 8.57. The van der Waals surface area contributed by atoms with Gasteiger partial charge in [-0.25, -0.2) is 13.1 Å². The van der Waals surface area contributed by atoms with E-state index < -0.39 is 10.0 Å². The molecule has 0 saturated heterocycles. The topological polar surface area (TPSA) is 75.7 Å². The molecule has 34 heavy (non-hydrogen) atoms. The molecule has 9 heteroatoms. The third kappa shape index (κ3) is 6.69. The molecule has 0 atom stereocenters. The second kappa shape index (κ2) is 11.0. The summed E-state index contributed by atoms with van der Waals surface area (Å²) < 4.78 is 35.2. The minimum atomic E-state index is -3.73. The van der Waals surface area contributed by atoms with Crippen molar-refractivity contribution in [1.82, 2.24) is 9.62 Å². The summed E-state index contributed by atoms with van der Waals surface area (Å²) in [5.41, 5.74) is 2.19. The number of amides is 1. The minimum Gasteiger partial charge on any atom is -0.457 e. The van der Waals surface area contributed by atoms with Gasteiger partial charge in [0.1, 0.15) is 11.5 Å². The van der Waals surface area contributed by atoms with Gasteiger partial charge < -0.3 is 9.64 Å². The van der Waals surface area contributed by atoms with Crippen LogP contribution in [-0.2, 0) is 16.6 Å². The van der Waals surface area contributed by atoms with E-state index in [2.05, 4.69) is 36.6 Å². The largest absolute Gasteiger partial charge is 0.457 e. The lowest BCUT2D eigenvalue weighted by molar-refractivity contribution is 0.0783. The summed E-state index contributed by atoms with van der Waals surface area (Å²) in [6.07, 6.45) is 0. The van der Waals surface area contributed by atoms with Crippen LogP contribution in [0.2, 0.25) is 0 Å². The average Bonchev–Trinajstić information content (AvgIpc) is 2.76. The van der Waals surface area contributed by atoms with E-state index in [1.807, 2.05) is 49.4 Å². The van der Waals surface area contributed by atoms with E-state index >= 15 is 0 Å². The van der Waals surface area contributed by atoms with Gasteiger partial charge in [-0.2, -0.15) is 0 Å². The second-order valence-corrected chi connectivity index (χ2v) is 11.7. The first-order valence-electron chi connectivity index (χ1n) is 10.6. The summed E-state index contributed by atoms with van der Waals surface area (Å²) in [6.45, 7) is 5.75. The first-order chi connectivity index (χ1) is 16.0. The Morgan fingerprint density at radius 1 is 1.03 bits per heavy atom. The highest BCUT2D eigenvalue weighted by atomic mass is 79.9. The van der Waals surface area contributed by atoms with Crippen molar-refractivity contribution in [3.8, 4) is 11.5 Å². The zero-order chi connectivity index (χ0) is 25.0. The molecule has 3 aromatic carbocycles. The molecule has 1 N–H and O–H groups in total. The number of benzene rings is 3. The van der Waals surface area contributed by atoms with E-state index in [-0.39, 0.29) is 29.0 Å². The highest BCUT2D eigenvalue weighted by Crippen LogP contribution is 2.30. The Bertz CT molecular complexity index is 1290. The van der Waals surface area contributed by atoms with E-state index in [9.17, 15) is 13.2 Å². The first kappa shape index (κ1) is 26.4. The SMILES string of the molecule is Cc1ccc(Oc2cc(Br)ccc2CN(C)C(=O)c2cc(S(=O)(=O)NC(C)C)ccc2Br)cc1. The van der Waals surface area contributed by atoms with Crippen LogP contribution in [0.3, 0.4) is 0 Å². The molecule has 0 aromatic heterocycles. The van der Waals surface area contributed by atoms with Crippen LogP contribution in [0.5, 0.6) is 11.5 Å². The third-order valence-corrected chi connectivity index (χ3v) is 7.74. The van der Waals surface area contributed by atoms with Gasteiger partial charge in [-0.15, -0.1) is 0 Å². The molecule has 1 amide bonds. The van der Waals surface area contributed by atoms with Crippen LogP contribution in [0.25, 0.3) is 0 Å². The fourth-order valence-electron chi connectivity index (χ4n) is 3.23. The standard InChI is InChI=1S/C25H26Br2N2O4S/c1-16(2)28-34(31,32)21-11-12-23(27)22(14-21)25(30)29(4)15-18-7-8-19(26)13-24(18)33-20-9-5-17(3)6-10-20/h5-14,16,28H,15H2,1-4H3. The number of nitrogens with one attached hydrogen (secondary N) is 1. The molecule has 0 heterocycles. The molecular formula is C25H26Br2N2O4S. The number of halogens is 2. The van der Waals surface area contributed by atoms with Crippen molar-refractivity contribution in [3.05, 3.63) is 86.3 Å². The van der Waals surface area contributed by atoms with Crippen LogP contribution in [0.15, 0.2) is 74.5 Å². The lowest BCUT2D eigenvalue weighted by atomic mass is 10.1. The van der Waals surface area contributed by atoms with E-state index in [4.69, 9.17) is 4.74 Å². The van der Waals surface area contributed by atoms with E-state index in [1.54, 1.807) is 27.0 Å². The maximum absolute atomic E-state index is 13.3. The lowest BCUT2D eigenvalue weighted by Crippen LogP contribution is -2.31. The maximum Gasteiger partial charge on any atom is 0.255 e. The summed E-state index contributed by atoms with van der Waals surface area (Å²) in [7, 11) is -2.07. The molecule has 180 valence electrons. The van der Waals surface area contributed by atoms with E-state index in [0.717, 1.165) is 15.6 Å². The number of carbonyl (C=O) groups excluding carboxylic acids is 1. The van der Waals surface area contributed by atoms with Crippen LogP contribution < -0.4 is 9.46 Å². The fourth-order valence-corrected chi connectivity index (χ4v) is 5.27. The highest BCUT2D eigenvalue weighted by Gasteiger charge is 2.22. The van der Waals surface area contributed by atoms with Crippen molar-refractivity contribution in [3.63, 3.8) is 0 Å². The summed E-state index contributed by atoms with van der Waals surface area (Å²) in [4.78, 5) is 14.8. The Balaban J connectivity index is 1.86. The molecule has 6 nitrogen and oxygen atoms in total. The van der Waals surface area contributed by atoms with Crippen molar-refractivity contribution in [2.45, 2.75) is 38.3 Å². The summed E-state index contributed by atoms with van der Waals surface area (Å²) in [5, 5.41) is 0. The van der Waals surface area contributed by atoms with E-state index in [1.165, 1.54) is 17.0 Å². The summed E-state index contributed by atoms with van der Waals surface area (Å²) in [5.74, 6) is 0.990. The number of hydrogen-bond acceptors (Lipinski definition) is 4. The van der Waals surface area contributed by atoms with Crippen LogP contribution >= 0.6 is 31.9 Å². The van der Waals surface area contributed by atoms with Gasteiger partial charge in [-0.05, 0) is 79.2 Å². The molecule has 0 aliphatic carbocycles. The molecule has 0 aliphatic heterocycles. The normalized spacial score (nSPS) is 11.5. The van der Waals surface area contributed by atoms with Gasteiger partial charge in [0.15, 0.2) is 0 Å². The van der Waals surface area contributed by atoms with Crippen molar-refractivity contribution in [1.29, 1.82) is 0 Å². The Hall–Kier alpha value is -2.20. The molecular weight excluding hydrogens is 584 g/mol. The monoisotopic (exact) mass is 608 g/mol. The van der Waals surface area contributed by atoms with Crippen LogP contribution in [0, 0.1) is 6.92 Å². The van der Waals surface area contributed by atoms with Crippen LogP contribution in [-0.4, -0.2) is 32.3 Å². The van der Waals surface area contributed by atoms with Crippen molar-refractivity contribution in [2.24, 2.45) is 0 Å². The summed E-state index contributed by atoms with van der Waals surface area (Å²) in [6, 6.07) is 17.5. The molecule has 0 bridgehead atoms.